The van der Waals surface area contributed by atoms with Crippen LogP contribution in [-0.2, 0) is 12.9 Å². The van der Waals surface area contributed by atoms with E-state index >= 15 is 0 Å². The third-order valence-corrected chi connectivity index (χ3v) is 2.59. The van der Waals surface area contributed by atoms with Gasteiger partial charge in [0.1, 0.15) is 10.4 Å². The molecule has 0 aliphatic heterocycles. The molecule has 0 atom stereocenters. The van der Waals surface area contributed by atoms with Gasteiger partial charge in [0.05, 0.1) is 0 Å². The lowest BCUT2D eigenvalue weighted by atomic mass is 10.2. The Bertz CT molecular complexity index is 442. The molecular formula is C8H3F7INO. The van der Waals surface area contributed by atoms with Crippen LogP contribution in [0.1, 0.15) is 11.3 Å². The number of rotatable bonds is 2. The first kappa shape index (κ1) is 15.2. The lowest BCUT2D eigenvalue weighted by Crippen LogP contribution is -2.21. The van der Waals surface area contributed by atoms with Gasteiger partial charge in [-0.25, -0.2) is 9.37 Å². The van der Waals surface area contributed by atoms with Gasteiger partial charge in [0, 0.05) is 5.56 Å². The van der Waals surface area contributed by atoms with E-state index in [1.54, 1.807) is 0 Å². The van der Waals surface area contributed by atoms with Crippen LogP contribution >= 0.6 is 22.6 Å². The summed E-state index contributed by atoms with van der Waals surface area (Å²) >= 11 is 1.29. The molecule has 18 heavy (non-hydrogen) atoms. The molecule has 1 aromatic rings. The molecule has 0 fully saturated rings. The number of halogens is 8. The number of nitrogens with zero attached hydrogens (tertiary/aromatic N) is 1. The molecule has 1 rings (SSSR count). The Morgan fingerprint density at radius 1 is 1.17 bits per heavy atom. The van der Waals surface area contributed by atoms with Crippen LogP contribution in [0.15, 0.2) is 6.07 Å². The molecule has 10 heteroatoms. The van der Waals surface area contributed by atoms with E-state index in [2.05, 4.69) is 9.72 Å². The summed E-state index contributed by atoms with van der Waals surface area (Å²) in [6.45, 7) is -1.25. The summed E-state index contributed by atoms with van der Waals surface area (Å²) in [5.41, 5.74) is -2.26. The van der Waals surface area contributed by atoms with Crippen molar-refractivity contribution in [2.24, 2.45) is 0 Å². The summed E-state index contributed by atoms with van der Waals surface area (Å²) < 4.78 is 88.3. The van der Waals surface area contributed by atoms with Gasteiger partial charge in [0.2, 0.25) is 0 Å². The fraction of sp³-hybridized carbons (Fsp3) is 0.375. The van der Waals surface area contributed by atoms with Gasteiger partial charge < -0.3 is 4.74 Å². The van der Waals surface area contributed by atoms with Gasteiger partial charge in [-0.2, -0.15) is 13.2 Å². The van der Waals surface area contributed by atoms with Gasteiger partial charge in [-0.1, -0.05) is 0 Å². The first-order valence-electron chi connectivity index (χ1n) is 4.13. The second kappa shape index (κ2) is 5.05. The van der Waals surface area contributed by atoms with Crippen LogP contribution in [0.4, 0.5) is 30.7 Å². The molecule has 2 nitrogen and oxygen atoms in total. The van der Waals surface area contributed by atoms with Gasteiger partial charge in [-0.15, -0.1) is 13.2 Å². The molecule has 102 valence electrons. The zero-order chi connectivity index (χ0) is 14.1. The average Bonchev–Trinajstić information content (AvgIpc) is 2.16. The maximum atomic E-state index is 12.4. The molecule has 0 aliphatic carbocycles. The maximum Gasteiger partial charge on any atom is 0.573 e. The lowest BCUT2D eigenvalue weighted by Gasteiger charge is -2.15. The highest BCUT2D eigenvalue weighted by molar-refractivity contribution is 14.1. The first-order chi connectivity index (χ1) is 8.04. The van der Waals surface area contributed by atoms with Crippen molar-refractivity contribution in [2.45, 2.75) is 19.2 Å². The lowest BCUT2D eigenvalue weighted by molar-refractivity contribution is -0.276. The highest BCUT2D eigenvalue weighted by Crippen LogP contribution is 2.38. The van der Waals surface area contributed by atoms with Crippen molar-refractivity contribution < 1.29 is 35.5 Å². The standard InChI is InChI=1S/C8H3F7INO/c9-2-3-1-4(18-8(13,14)15)5(7(10,11)12)17-6(3)16/h1H,2H2. The van der Waals surface area contributed by atoms with Gasteiger partial charge in [-0.05, 0) is 28.7 Å². The Hall–Kier alpha value is -0.810. The fourth-order valence-corrected chi connectivity index (χ4v) is 1.55. The van der Waals surface area contributed by atoms with Crippen molar-refractivity contribution in [2.75, 3.05) is 0 Å². The summed E-state index contributed by atoms with van der Waals surface area (Å²) in [5, 5.41) is 0. The number of alkyl halides is 7. The van der Waals surface area contributed by atoms with Crippen molar-refractivity contribution in [3.63, 3.8) is 0 Å². The molecule has 0 spiro atoms. The van der Waals surface area contributed by atoms with Crippen LogP contribution in [0, 0.1) is 3.70 Å². The quantitative estimate of drug-likeness (QED) is 0.432. The molecule has 0 aromatic carbocycles. The predicted molar refractivity (Wildman–Crippen MR) is 53.5 cm³/mol. The van der Waals surface area contributed by atoms with E-state index < -0.39 is 36.2 Å². The van der Waals surface area contributed by atoms with E-state index in [-0.39, 0.29) is 3.70 Å². The molecule has 1 heterocycles. The smallest absolute Gasteiger partial charge is 0.403 e. The molecule has 0 saturated heterocycles. The SMILES string of the molecule is FCc1cc(OC(F)(F)F)c(C(F)(F)F)nc1I. The van der Waals surface area contributed by atoms with E-state index in [0.29, 0.717) is 6.07 Å². The molecule has 1 aromatic heterocycles. The molecule has 0 bridgehead atoms. The molecule has 0 unspecified atom stereocenters. The monoisotopic (exact) mass is 389 g/mol. The van der Waals surface area contributed by atoms with Crippen molar-refractivity contribution >= 4 is 22.6 Å². The largest absolute Gasteiger partial charge is 0.573 e. The zero-order valence-corrected chi connectivity index (χ0v) is 10.3. The number of aromatic nitrogens is 1. The Kier molecular flexibility index (Phi) is 4.28. The third kappa shape index (κ3) is 3.85. The van der Waals surface area contributed by atoms with Crippen molar-refractivity contribution in [1.82, 2.24) is 4.98 Å². The van der Waals surface area contributed by atoms with Crippen LogP contribution in [0.25, 0.3) is 0 Å². The van der Waals surface area contributed by atoms with Crippen molar-refractivity contribution in [1.29, 1.82) is 0 Å². The normalized spacial score (nSPS) is 12.7. The van der Waals surface area contributed by atoms with E-state index in [1.165, 1.54) is 22.6 Å². The van der Waals surface area contributed by atoms with E-state index in [9.17, 15) is 30.7 Å². The number of hydrogen-bond donors (Lipinski definition) is 0. The van der Waals surface area contributed by atoms with Gasteiger partial charge in [0.15, 0.2) is 11.4 Å². The van der Waals surface area contributed by atoms with Crippen LogP contribution in [-0.4, -0.2) is 11.3 Å². The highest BCUT2D eigenvalue weighted by atomic mass is 127. The minimum absolute atomic E-state index is 0.338. The zero-order valence-electron chi connectivity index (χ0n) is 8.16. The summed E-state index contributed by atoms with van der Waals surface area (Å²) in [7, 11) is 0. The molecule has 0 radical (unpaired) electrons. The number of hydrogen-bond acceptors (Lipinski definition) is 2. The van der Waals surface area contributed by atoms with E-state index in [4.69, 9.17) is 0 Å². The molecule has 0 N–H and O–H groups in total. The Labute approximate surface area is 109 Å². The van der Waals surface area contributed by atoms with Crippen molar-refractivity contribution in [3.05, 3.63) is 21.0 Å². The Balaban J connectivity index is 3.35. The summed E-state index contributed by atoms with van der Waals surface area (Å²) in [4.78, 5) is 2.90. The van der Waals surface area contributed by atoms with E-state index in [1.807, 2.05) is 0 Å². The van der Waals surface area contributed by atoms with Gasteiger partial charge >= 0.3 is 12.5 Å². The third-order valence-electron chi connectivity index (χ3n) is 1.65. The molecule has 0 saturated carbocycles. The highest BCUT2D eigenvalue weighted by Gasteiger charge is 2.41. The fourth-order valence-electron chi connectivity index (χ4n) is 1.01. The summed E-state index contributed by atoms with van der Waals surface area (Å²) in [5.74, 6) is -1.57. The average molecular weight is 389 g/mol. The minimum atomic E-state index is -5.32. The summed E-state index contributed by atoms with van der Waals surface area (Å²) in [6.07, 6.45) is -10.4. The minimum Gasteiger partial charge on any atom is -0.403 e. The van der Waals surface area contributed by atoms with Gasteiger partial charge in [-0.3, -0.25) is 0 Å². The van der Waals surface area contributed by atoms with Gasteiger partial charge in [0.25, 0.3) is 0 Å². The second-order valence-electron chi connectivity index (χ2n) is 2.96. The predicted octanol–water partition coefficient (Wildman–Crippen LogP) is 4.07. The first-order valence-corrected chi connectivity index (χ1v) is 5.21. The summed E-state index contributed by atoms with van der Waals surface area (Å²) in [6, 6.07) is 0.338. The number of pyridine rings is 1. The van der Waals surface area contributed by atoms with E-state index in [0.717, 1.165) is 0 Å². The van der Waals surface area contributed by atoms with Crippen LogP contribution < -0.4 is 4.74 Å². The van der Waals surface area contributed by atoms with Crippen molar-refractivity contribution in [3.8, 4) is 5.75 Å². The second-order valence-corrected chi connectivity index (χ2v) is 3.99. The molecule has 0 amide bonds. The number of ether oxygens (including phenoxy) is 1. The molecule has 0 aliphatic rings. The Morgan fingerprint density at radius 3 is 2.11 bits per heavy atom. The topological polar surface area (TPSA) is 22.1 Å². The maximum absolute atomic E-state index is 12.4. The Morgan fingerprint density at radius 2 is 1.72 bits per heavy atom. The molecular weight excluding hydrogens is 386 g/mol. The van der Waals surface area contributed by atoms with Crippen LogP contribution in [0.3, 0.4) is 0 Å². The van der Waals surface area contributed by atoms with Crippen LogP contribution in [0.5, 0.6) is 5.75 Å². The van der Waals surface area contributed by atoms with Crippen LogP contribution in [0.2, 0.25) is 0 Å².